The number of nitrogens with zero attached hydrogens (tertiary/aromatic N) is 2. The summed E-state index contributed by atoms with van der Waals surface area (Å²) < 4.78 is 0. The van der Waals surface area contributed by atoms with Gasteiger partial charge in [0.05, 0.1) is 6.54 Å². The molecule has 0 fully saturated rings. The molecule has 1 atom stereocenters. The van der Waals surface area contributed by atoms with Gasteiger partial charge in [0.2, 0.25) is 0 Å². The van der Waals surface area contributed by atoms with Gasteiger partial charge in [0.15, 0.2) is 0 Å². The van der Waals surface area contributed by atoms with Crippen molar-refractivity contribution in [3.63, 3.8) is 0 Å². The lowest BCUT2D eigenvalue weighted by molar-refractivity contribution is -0.118. The smallest absolute Gasteiger partial charge is 0.139 e. The summed E-state index contributed by atoms with van der Waals surface area (Å²) in [5.74, 6) is 0.860. The minimum Gasteiger partial charge on any atom is -0.383 e. The van der Waals surface area contributed by atoms with E-state index in [1.54, 1.807) is 6.20 Å². The largest absolute Gasteiger partial charge is 0.383 e. The first kappa shape index (κ1) is 16.7. The third kappa shape index (κ3) is 3.49. The highest BCUT2D eigenvalue weighted by Gasteiger charge is 2.17. The molecular weight excluding hydrogens is 322 g/mol. The maximum Gasteiger partial charge on any atom is 0.139 e. The van der Waals surface area contributed by atoms with Crippen LogP contribution in [0.2, 0.25) is 5.02 Å². The first-order chi connectivity index (χ1) is 11.4. The molecule has 0 aliphatic carbocycles. The van der Waals surface area contributed by atoms with E-state index < -0.39 is 0 Å². The predicted molar refractivity (Wildman–Crippen MR) is 96.6 cm³/mol. The molecule has 0 radical (unpaired) electrons. The molecule has 1 aromatic carbocycles. The molecule has 0 bridgehead atoms. The molecule has 0 unspecified atom stereocenters. The molecule has 0 saturated carbocycles. The standard InChI is InChI=1S/C19H20ClN3O/c1-11(13-3-4-18(20)12(2)5-13)6-16(24)8-15-7-14-9-23-19(21)17(14)10-22-15/h3-5,7,10-11H,6,8-9H2,1-2H3,(H2,21,23)/t11-/m0/s1. The van der Waals surface area contributed by atoms with E-state index in [0.717, 1.165) is 33.0 Å². The average molecular weight is 342 g/mol. The number of carbonyl (C=O) groups is 1. The number of nitrogens with two attached hydrogens (primary N) is 1. The lowest BCUT2D eigenvalue weighted by atomic mass is 9.93. The van der Waals surface area contributed by atoms with Crippen molar-refractivity contribution in [2.45, 2.75) is 39.2 Å². The first-order valence-electron chi connectivity index (χ1n) is 8.00. The molecule has 3 rings (SSSR count). The van der Waals surface area contributed by atoms with Crippen molar-refractivity contribution in [1.82, 2.24) is 4.98 Å². The SMILES string of the molecule is Cc1cc([C@@H](C)CC(=O)Cc2cc3c(cn2)C(N)=NC3)ccc1Cl. The van der Waals surface area contributed by atoms with Gasteiger partial charge in [-0.15, -0.1) is 0 Å². The number of aliphatic imine (C=N–C) groups is 1. The van der Waals surface area contributed by atoms with Gasteiger partial charge in [0, 0.05) is 35.3 Å². The number of aryl methyl sites for hydroxylation is 1. The van der Waals surface area contributed by atoms with Crippen molar-refractivity contribution in [3.8, 4) is 0 Å². The van der Waals surface area contributed by atoms with E-state index in [-0.39, 0.29) is 11.7 Å². The van der Waals surface area contributed by atoms with E-state index >= 15 is 0 Å². The minimum atomic E-state index is 0.155. The number of ketones is 1. The van der Waals surface area contributed by atoms with Crippen LogP contribution in [0.4, 0.5) is 0 Å². The second-order valence-corrected chi connectivity index (χ2v) is 6.77. The maximum absolute atomic E-state index is 12.4. The third-order valence-corrected chi connectivity index (χ3v) is 4.83. The number of fused-ring (bicyclic) bond motifs is 1. The highest BCUT2D eigenvalue weighted by atomic mass is 35.5. The number of amidine groups is 1. The Kier molecular flexibility index (Phi) is 4.67. The zero-order valence-electron chi connectivity index (χ0n) is 13.8. The number of rotatable bonds is 5. The Hall–Kier alpha value is -2.20. The quantitative estimate of drug-likeness (QED) is 0.903. The normalized spacial score (nSPS) is 14.2. The van der Waals surface area contributed by atoms with Crippen molar-refractivity contribution in [1.29, 1.82) is 0 Å². The topological polar surface area (TPSA) is 68.3 Å². The zero-order valence-corrected chi connectivity index (χ0v) is 14.6. The van der Waals surface area contributed by atoms with Gasteiger partial charge in [-0.3, -0.25) is 14.8 Å². The van der Waals surface area contributed by atoms with Gasteiger partial charge in [-0.2, -0.15) is 0 Å². The lowest BCUT2D eigenvalue weighted by Gasteiger charge is -2.12. The summed E-state index contributed by atoms with van der Waals surface area (Å²) in [7, 11) is 0. The average Bonchev–Trinajstić information content (AvgIpc) is 2.90. The van der Waals surface area contributed by atoms with Gasteiger partial charge < -0.3 is 5.73 Å². The highest BCUT2D eigenvalue weighted by molar-refractivity contribution is 6.31. The number of hydrogen-bond acceptors (Lipinski definition) is 4. The number of carbonyl (C=O) groups excluding carboxylic acids is 1. The molecule has 4 nitrogen and oxygen atoms in total. The fourth-order valence-electron chi connectivity index (χ4n) is 2.97. The number of pyridine rings is 1. The van der Waals surface area contributed by atoms with Crippen molar-refractivity contribution in [2.75, 3.05) is 0 Å². The van der Waals surface area contributed by atoms with Gasteiger partial charge in [0.1, 0.15) is 11.6 Å². The van der Waals surface area contributed by atoms with Crippen LogP contribution in [0.1, 0.15) is 47.2 Å². The summed E-state index contributed by atoms with van der Waals surface area (Å²) >= 11 is 6.06. The summed E-state index contributed by atoms with van der Waals surface area (Å²) in [6, 6.07) is 7.86. The van der Waals surface area contributed by atoms with Gasteiger partial charge >= 0.3 is 0 Å². The van der Waals surface area contributed by atoms with E-state index in [4.69, 9.17) is 17.3 Å². The van der Waals surface area contributed by atoms with Crippen LogP contribution in [0.25, 0.3) is 0 Å². The Morgan fingerprint density at radius 1 is 1.38 bits per heavy atom. The van der Waals surface area contributed by atoms with E-state index in [1.807, 2.05) is 31.2 Å². The monoisotopic (exact) mass is 341 g/mol. The van der Waals surface area contributed by atoms with Crippen LogP contribution in [-0.2, 0) is 17.8 Å². The molecular formula is C19H20ClN3O. The molecule has 5 heteroatoms. The fourth-order valence-corrected chi connectivity index (χ4v) is 3.09. The third-order valence-electron chi connectivity index (χ3n) is 4.41. The van der Waals surface area contributed by atoms with Crippen molar-refractivity contribution in [2.24, 2.45) is 10.7 Å². The number of halogens is 1. The van der Waals surface area contributed by atoms with Crippen LogP contribution in [0.3, 0.4) is 0 Å². The van der Waals surface area contributed by atoms with E-state index in [2.05, 4.69) is 16.9 Å². The summed E-state index contributed by atoms with van der Waals surface area (Å²) in [6.07, 6.45) is 2.54. The van der Waals surface area contributed by atoms with Crippen LogP contribution in [-0.4, -0.2) is 16.6 Å². The Morgan fingerprint density at radius 3 is 2.92 bits per heavy atom. The van der Waals surface area contributed by atoms with Crippen LogP contribution in [0, 0.1) is 6.92 Å². The second-order valence-electron chi connectivity index (χ2n) is 6.36. The van der Waals surface area contributed by atoms with E-state index in [9.17, 15) is 4.79 Å². The molecule has 24 heavy (non-hydrogen) atoms. The van der Waals surface area contributed by atoms with Gasteiger partial charge in [0.25, 0.3) is 0 Å². The Balaban J connectivity index is 1.64. The number of Topliss-reactive ketones (excluding diaryl/α,β-unsaturated/α-hetero) is 1. The molecule has 124 valence electrons. The second kappa shape index (κ2) is 6.73. The Labute approximate surface area is 146 Å². The van der Waals surface area contributed by atoms with Crippen LogP contribution in [0.5, 0.6) is 0 Å². The number of aromatic nitrogens is 1. The van der Waals surface area contributed by atoms with E-state index in [0.29, 0.717) is 25.2 Å². The van der Waals surface area contributed by atoms with Gasteiger partial charge in [-0.1, -0.05) is 30.7 Å². The van der Waals surface area contributed by atoms with E-state index in [1.165, 1.54) is 0 Å². The molecule has 1 aromatic heterocycles. The maximum atomic E-state index is 12.4. The first-order valence-corrected chi connectivity index (χ1v) is 8.37. The van der Waals surface area contributed by atoms with Crippen molar-refractivity contribution in [3.05, 3.63) is 63.4 Å². The molecule has 0 spiro atoms. The van der Waals surface area contributed by atoms with Crippen LogP contribution in [0.15, 0.2) is 35.5 Å². The van der Waals surface area contributed by atoms with Crippen LogP contribution < -0.4 is 5.73 Å². The van der Waals surface area contributed by atoms with Gasteiger partial charge in [-0.25, -0.2) is 0 Å². The lowest BCUT2D eigenvalue weighted by Crippen LogP contribution is -2.12. The zero-order chi connectivity index (χ0) is 17.3. The summed E-state index contributed by atoms with van der Waals surface area (Å²) in [4.78, 5) is 20.9. The number of hydrogen-bond donors (Lipinski definition) is 1. The van der Waals surface area contributed by atoms with Crippen LogP contribution >= 0.6 is 11.6 Å². The molecule has 2 heterocycles. The van der Waals surface area contributed by atoms with Gasteiger partial charge in [-0.05, 0) is 41.7 Å². The predicted octanol–water partition coefficient (Wildman–Crippen LogP) is 3.57. The molecule has 0 amide bonds. The number of benzene rings is 1. The fraction of sp³-hybridized carbons (Fsp3) is 0.316. The minimum absolute atomic E-state index is 0.155. The summed E-state index contributed by atoms with van der Waals surface area (Å²) in [6.45, 7) is 4.61. The highest BCUT2D eigenvalue weighted by Crippen LogP contribution is 2.25. The molecule has 1 aliphatic rings. The Bertz CT molecular complexity index is 829. The molecule has 0 saturated heterocycles. The molecule has 2 aromatic rings. The summed E-state index contributed by atoms with van der Waals surface area (Å²) in [5, 5.41) is 0.751. The molecule has 1 aliphatic heterocycles. The Morgan fingerprint density at radius 2 is 2.17 bits per heavy atom. The summed E-state index contributed by atoms with van der Waals surface area (Å²) in [5.41, 5.74) is 10.7. The van der Waals surface area contributed by atoms with Crippen molar-refractivity contribution >= 4 is 23.2 Å². The molecule has 2 N–H and O–H groups in total. The van der Waals surface area contributed by atoms with Crippen molar-refractivity contribution < 1.29 is 4.79 Å².